The Labute approximate surface area is 117 Å². The maximum absolute atomic E-state index is 10.3. The van der Waals surface area contributed by atoms with Crippen LogP contribution in [0.15, 0.2) is 11.3 Å². The second kappa shape index (κ2) is 5.95. The summed E-state index contributed by atoms with van der Waals surface area (Å²) in [6, 6.07) is 0. The van der Waals surface area contributed by atoms with Crippen LogP contribution in [0.1, 0.15) is 62.3 Å². The lowest BCUT2D eigenvalue weighted by molar-refractivity contribution is -0.307. The minimum Gasteiger partial charge on any atom is -0.318 e. The van der Waals surface area contributed by atoms with Crippen LogP contribution < -0.4 is 5.48 Å². The number of hydrogen-bond acceptors (Lipinski definition) is 3. The normalized spacial score (nSPS) is 12.9. The Balaban J connectivity index is 5.80. The highest BCUT2D eigenvalue weighted by atomic mass is 17.3. The van der Waals surface area contributed by atoms with Gasteiger partial charge in [-0.2, -0.15) is 5.48 Å². The molecule has 0 unspecified atom stereocenters. The maximum atomic E-state index is 10.3. The molecule has 0 atom stereocenters. The molecule has 0 fully saturated rings. The molecule has 1 amide bonds. The van der Waals surface area contributed by atoms with E-state index in [1.807, 2.05) is 0 Å². The first-order chi connectivity index (χ1) is 8.31. The van der Waals surface area contributed by atoms with E-state index in [1.54, 1.807) is 0 Å². The number of carbonyl (C=O) groups excluding carboxylic acids is 1. The third-order valence-electron chi connectivity index (χ3n) is 2.63. The topological polar surface area (TPSA) is 47.6 Å². The Morgan fingerprint density at radius 2 is 1.26 bits per heavy atom. The molecule has 1 N–H and O–H groups in total. The number of hydrogen-bond donors (Lipinski definition) is 1. The van der Waals surface area contributed by atoms with Gasteiger partial charge in [-0.25, -0.2) is 0 Å². The molecule has 4 nitrogen and oxygen atoms in total. The van der Waals surface area contributed by atoms with Crippen molar-refractivity contribution in [1.29, 1.82) is 0 Å². The number of hydroxylamine groups is 1. The van der Waals surface area contributed by atoms with Crippen LogP contribution in [0, 0.1) is 16.2 Å². The van der Waals surface area contributed by atoms with Gasteiger partial charge in [0.05, 0.1) is 0 Å². The summed E-state index contributed by atoms with van der Waals surface area (Å²) < 4.78 is 0. The third-order valence-corrected chi connectivity index (χ3v) is 2.63. The molecule has 0 aromatic rings. The molecule has 4 heteroatoms. The van der Waals surface area contributed by atoms with E-state index in [-0.39, 0.29) is 16.2 Å². The van der Waals surface area contributed by atoms with E-state index in [0.717, 1.165) is 5.76 Å². The predicted molar refractivity (Wildman–Crippen MR) is 76.8 cm³/mol. The van der Waals surface area contributed by atoms with Crippen LogP contribution in [0.4, 0.5) is 0 Å². The molecule has 0 aromatic carbocycles. The summed E-state index contributed by atoms with van der Waals surface area (Å²) >= 11 is 0. The van der Waals surface area contributed by atoms with Gasteiger partial charge in [0.15, 0.2) is 5.76 Å². The molecule has 112 valence electrons. The Bertz CT molecular complexity index is 322. The average molecular weight is 271 g/mol. The van der Waals surface area contributed by atoms with E-state index in [2.05, 4.69) is 67.8 Å². The van der Waals surface area contributed by atoms with Crippen molar-refractivity contribution >= 4 is 6.41 Å². The summed E-state index contributed by atoms with van der Waals surface area (Å²) in [5.74, 6) is 0.752. The first-order valence-electron chi connectivity index (χ1n) is 6.60. The molecule has 0 aliphatic carbocycles. The Morgan fingerprint density at radius 1 is 0.842 bits per heavy atom. The van der Waals surface area contributed by atoms with Gasteiger partial charge in [-0.15, -0.1) is 0 Å². The fourth-order valence-corrected chi connectivity index (χ4v) is 2.43. The summed E-state index contributed by atoms with van der Waals surface area (Å²) in [5, 5.41) is 0. The number of carbonyl (C=O) groups is 1. The van der Waals surface area contributed by atoms with Crippen LogP contribution in [0.25, 0.3) is 0 Å². The van der Waals surface area contributed by atoms with E-state index in [0.29, 0.717) is 6.41 Å². The molecular weight excluding hydrogens is 242 g/mol. The minimum absolute atomic E-state index is 0.0641. The van der Waals surface area contributed by atoms with Crippen LogP contribution in [0.3, 0.4) is 0 Å². The van der Waals surface area contributed by atoms with Gasteiger partial charge in [0.25, 0.3) is 0 Å². The fourth-order valence-electron chi connectivity index (χ4n) is 2.43. The van der Waals surface area contributed by atoms with Gasteiger partial charge in [0.2, 0.25) is 6.41 Å². The SMILES string of the molecule is CC(C)(C)C(OONC=O)=C(C(C)(C)C)C(C)(C)C. The maximum Gasteiger partial charge on any atom is 0.233 e. The molecule has 19 heavy (non-hydrogen) atoms. The second-order valence-corrected chi connectivity index (χ2v) is 7.86. The second-order valence-electron chi connectivity index (χ2n) is 7.86. The molecule has 0 aliphatic rings. The lowest BCUT2D eigenvalue weighted by atomic mass is 9.68. The average Bonchev–Trinajstić information content (AvgIpc) is 2.10. The van der Waals surface area contributed by atoms with Crippen molar-refractivity contribution in [2.75, 3.05) is 0 Å². The van der Waals surface area contributed by atoms with Crippen LogP contribution in [0.5, 0.6) is 0 Å². The van der Waals surface area contributed by atoms with Crippen LogP contribution in [0.2, 0.25) is 0 Å². The molecule has 0 aliphatic heterocycles. The van der Waals surface area contributed by atoms with Crippen LogP contribution in [-0.4, -0.2) is 6.41 Å². The van der Waals surface area contributed by atoms with E-state index in [9.17, 15) is 4.79 Å². The number of rotatable bonds is 4. The van der Waals surface area contributed by atoms with Gasteiger partial charge in [-0.1, -0.05) is 67.3 Å². The summed E-state index contributed by atoms with van der Waals surface area (Å²) in [7, 11) is 0. The van der Waals surface area contributed by atoms with E-state index < -0.39 is 0 Å². The van der Waals surface area contributed by atoms with Crippen LogP contribution in [-0.2, 0) is 14.7 Å². The van der Waals surface area contributed by atoms with Gasteiger partial charge < -0.3 is 4.89 Å². The quantitative estimate of drug-likeness (QED) is 0.276. The first-order valence-corrected chi connectivity index (χ1v) is 6.60. The van der Waals surface area contributed by atoms with E-state index in [4.69, 9.17) is 9.88 Å². The Hall–Kier alpha value is -1.03. The smallest absolute Gasteiger partial charge is 0.233 e. The number of allylic oxidation sites excluding steroid dienone is 2. The summed E-state index contributed by atoms with van der Waals surface area (Å²) in [4.78, 5) is 20.4. The van der Waals surface area contributed by atoms with Crippen molar-refractivity contribution in [2.45, 2.75) is 62.3 Å². The van der Waals surface area contributed by atoms with Crippen molar-refractivity contribution in [3.8, 4) is 0 Å². The molecule has 0 heterocycles. The lowest BCUT2D eigenvalue weighted by Gasteiger charge is -2.38. The molecule has 0 saturated carbocycles. The highest BCUT2D eigenvalue weighted by molar-refractivity contribution is 5.43. The van der Waals surface area contributed by atoms with Gasteiger partial charge in [0.1, 0.15) is 0 Å². The molecular formula is C15H29NO3. The highest BCUT2D eigenvalue weighted by Crippen LogP contribution is 2.46. The van der Waals surface area contributed by atoms with Gasteiger partial charge >= 0.3 is 0 Å². The van der Waals surface area contributed by atoms with Crippen molar-refractivity contribution in [2.24, 2.45) is 16.2 Å². The van der Waals surface area contributed by atoms with E-state index in [1.165, 1.54) is 5.57 Å². The molecule has 0 saturated heterocycles. The van der Waals surface area contributed by atoms with Crippen molar-refractivity contribution in [3.63, 3.8) is 0 Å². The highest BCUT2D eigenvalue weighted by Gasteiger charge is 2.37. The minimum atomic E-state index is -0.222. The number of nitrogens with one attached hydrogen (secondary N) is 1. The van der Waals surface area contributed by atoms with Crippen molar-refractivity contribution in [1.82, 2.24) is 5.48 Å². The Kier molecular flexibility index (Phi) is 5.63. The van der Waals surface area contributed by atoms with Gasteiger partial charge in [-0.05, 0) is 16.4 Å². The van der Waals surface area contributed by atoms with E-state index >= 15 is 0 Å². The first kappa shape index (κ1) is 18.0. The van der Waals surface area contributed by atoms with Crippen molar-refractivity contribution in [3.05, 3.63) is 11.3 Å². The molecule has 0 radical (unpaired) electrons. The molecule has 0 bridgehead atoms. The van der Waals surface area contributed by atoms with Crippen molar-refractivity contribution < 1.29 is 14.7 Å². The molecule has 0 spiro atoms. The largest absolute Gasteiger partial charge is 0.318 e. The summed E-state index contributed by atoms with van der Waals surface area (Å²) in [5.41, 5.74) is 2.89. The fraction of sp³-hybridized carbons (Fsp3) is 0.800. The molecule has 0 rings (SSSR count). The standard InChI is InChI=1S/C15H29NO3/c1-13(2,3)11(14(4,5)6)12(15(7,8)9)18-19-16-10-17/h10H,1-9H3,(H,16,17). The molecule has 0 aromatic heterocycles. The zero-order valence-corrected chi connectivity index (χ0v) is 13.8. The van der Waals surface area contributed by atoms with Gasteiger partial charge in [-0.3, -0.25) is 4.79 Å². The lowest BCUT2D eigenvalue weighted by Crippen LogP contribution is -2.30. The third kappa shape index (κ3) is 5.64. The zero-order chi connectivity index (χ0) is 15.5. The van der Waals surface area contributed by atoms with Gasteiger partial charge in [0, 0.05) is 5.41 Å². The summed E-state index contributed by atoms with van der Waals surface area (Å²) in [6.07, 6.45) is 0.439. The summed E-state index contributed by atoms with van der Waals surface area (Å²) in [6.45, 7) is 19.1. The zero-order valence-electron chi connectivity index (χ0n) is 13.8. The van der Waals surface area contributed by atoms with Crippen LogP contribution >= 0.6 is 0 Å². The monoisotopic (exact) mass is 271 g/mol. The number of amides is 1. The predicted octanol–water partition coefficient (Wildman–Crippen LogP) is 3.99. The Morgan fingerprint density at radius 3 is 1.53 bits per heavy atom.